The first-order chi connectivity index (χ1) is 15.6. The molecule has 0 aromatic carbocycles. The van der Waals surface area contributed by atoms with Crippen molar-refractivity contribution in [2.45, 2.75) is 24.4 Å². The van der Waals surface area contributed by atoms with Crippen LogP contribution in [0.1, 0.15) is 0 Å². The zero-order chi connectivity index (χ0) is 29.0. The van der Waals surface area contributed by atoms with E-state index in [-0.39, 0.29) is 0 Å². The van der Waals surface area contributed by atoms with E-state index in [1.165, 1.54) is 0 Å². The van der Waals surface area contributed by atoms with Crippen molar-refractivity contribution >= 4 is 60.7 Å². The Hall–Kier alpha value is -0.540. The first-order valence-corrected chi connectivity index (χ1v) is 19.7. The van der Waals surface area contributed by atoms with E-state index in [0.29, 0.717) is 37.5 Å². The third-order valence-corrected chi connectivity index (χ3v) is 6.58. The van der Waals surface area contributed by atoms with Gasteiger partial charge in [0, 0.05) is 0 Å². The Labute approximate surface area is 210 Å². The van der Waals surface area contributed by atoms with Gasteiger partial charge in [-0.2, -0.15) is 50.5 Å². The first-order valence-electron chi connectivity index (χ1n) is 8.79. The Morgan fingerprint density at radius 2 is 0.611 bits per heavy atom. The first kappa shape index (κ1) is 35.5. The van der Waals surface area contributed by atoms with E-state index in [0.717, 1.165) is 0 Å². The monoisotopic (exact) mass is 650 g/mol. The lowest BCUT2D eigenvalue weighted by Crippen LogP contribution is -2.54. The molecule has 0 fully saturated rings. The lowest BCUT2D eigenvalue weighted by molar-refractivity contribution is -0.0753. The molecule has 0 aliphatic heterocycles. The van der Waals surface area contributed by atoms with Crippen molar-refractivity contribution in [2.24, 2.45) is 0 Å². The number of rotatable bonds is 17. The standard InChI is InChI=1S/C12H26O18S6/c1-31(13,14)25-7-9(27-33(3,17)18)11(29-35(5,21)22)12(30-36(6,23)24)10(28-34(4,19)20)8-26-32(2,15)16/h9-12H,7-8H2,1-6H3/t9-,10+,11-,12-/m0/s1. The highest BCUT2D eigenvalue weighted by molar-refractivity contribution is 7.87. The fourth-order valence-corrected chi connectivity index (χ4v) is 5.51. The predicted octanol–water partition coefficient (Wildman–Crippen LogP) is -3.68. The minimum atomic E-state index is -4.72. The van der Waals surface area contributed by atoms with Crippen molar-refractivity contribution in [1.82, 2.24) is 0 Å². The van der Waals surface area contributed by atoms with Gasteiger partial charge in [0.1, 0.15) is 24.4 Å². The van der Waals surface area contributed by atoms with Crippen LogP contribution in [-0.2, 0) is 85.8 Å². The molecule has 0 saturated heterocycles. The highest BCUT2D eigenvalue weighted by Gasteiger charge is 2.46. The molecule has 0 amide bonds. The van der Waals surface area contributed by atoms with Gasteiger partial charge < -0.3 is 0 Å². The molecule has 0 heterocycles. The highest BCUT2D eigenvalue weighted by Crippen LogP contribution is 2.24. The summed E-state index contributed by atoms with van der Waals surface area (Å²) in [6, 6.07) is 0. The Bertz CT molecular complexity index is 1280. The van der Waals surface area contributed by atoms with E-state index in [4.69, 9.17) is 0 Å². The van der Waals surface area contributed by atoms with Crippen LogP contribution >= 0.6 is 0 Å². The van der Waals surface area contributed by atoms with Crippen LogP contribution in [0.15, 0.2) is 0 Å². The molecule has 0 saturated carbocycles. The maximum atomic E-state index is 11.9. The van der Waals surface area contributed by atoms with E-state index in [2.05, 4.69) is 25.1 Å². The fourth-order valence-electron chi connectivity index (χ4n) is 2.25. The average molecular weight is 651 g/mol. The summed E-state index contributed by atoms with van der Waals surface area (Å²) in [5.41, 5.74) is 0. The summed E-state index contributed by atoms with van der Waals surface area (Å²) < 4.78 is 168. The van der Waals surface area contributed by atoms with Crippen molar-refractivity contribution in [3.8, 4) is 0 Å². The lowest BCUT2D eigenvalue weighted by atomic mass is 10.0. The van der Waals surface area contributed by atoms with Crippen LogP contribution in [0.2, 0.25) is 0 Å². The maximum Gasteiger partial charge on any atom is 0.264 e. The molecule has 0 aliphatic rings. The van der Waals surface area contributed by atoms with E-state index in [1.54, 1.807) is 0 Å². The molecule has 36 heavy (non-hydrogen) atoms. The maximum absolute atomic E-state index is 11.9. The molecule has 0 spiro atoms. The summed E-state index contributed by atoms with van der Waals surface area (Å²) >= 11 is 0. The van der Waals surface area contributed by atoms with E-state index >= 15 is 0 Å². The lowest BCUT2D eigenvalue weighted by Gasteiger charge is -2.34. The topological polar surface area (TPSA) is 260 Å². The predicted molar refractivity (Wildman–Crippen MR) is 120 cm³/mol. The van der Waals surface area contributed by atoms with Gasteiger partial charge in [-0.05, 0) is 0 Å². The van der Waals surface area contributed by atoms with Crippen LogP contribution in [-0.4, -0.2) is 126 Å². The molecule has 0 aromatic heterocycles. The molecule has 4 atom stereocenters. The van der Waals surface area contributed by atoms with E-state index in [1.807, 2.05) is 0 Å². The zero-order valence-corrected chi connectivity index (χ0v) is 24.4. The Morgan fingerprint density at radius 3 is 0.778 bits per heavy atom. The third kappa shape index (κ3) is 18.7. The molecule has 24 heteroatoms. The van der Waals surface area contributed by atoms with Gasteiger partial charge in [-0.3, -0.25) is 25.1 Å². The van der Waals surface area contributed by atoms with Crippen LogP contribution in [0.4, 0.5) is 0 Å². The molecule has 0 N–H and O–H groups in total. The normalized spacial score (nSPS) is 17.8. The minimum Gasteiger partial charge on any atom is -0.267 e. The summed E-state index contributed by atoms with van der Waals surface area (Å²) in [6.45, 7) is -2.68. The average Bonchev–Trinajstić information content (AvgIpc) is 2.53. The highest BCUT2D eigenvalue weighted by atomic mass is 32.2. The van der Waals surface area contributed by atoms with Crippen LogP contribution in [0.5, 0.6) is 0 Å². The van der Waals surface area contributed by atoms with Gasteiger partial charge in [0.25, 0.3) is 60.7 Å². The number of hydrogen-bond donors (Lipinski definition) is 0. The quantitative estimate of drug-likeness (QED) is 0.137. The van der Waals surface area contributed by atoms with E-state index in [9.17, 15) is 50.5 Å². The summed E-state index contributed by atoms with van der Waals surface area (Å²) in [4.78, 5) is 0. The minimum absolute atomic E-state index is 0.395. The van der Waals surface area contributed by atoms with Gasteiger partial charge in [-0.1, -0.05) is 0 Å². The summed E-state index contributed by atoms with van der Waals surface area (Å²) in [6.07, 6.45) is -7.16. The van der Waals surface area contributed by atoms with Crippen molar-refractivity contribution in [3.63, 3.8) is 0 Å². The van der Waals surface area contributed by atoms with Gasteiger partial charge in [-0.25, -0.2) is 0 Å². The van der Waals surface area contributed by atoms with Crippen LogP contribution in [0.3, 0.4) is 0 Å². The van der Waals surface area contributed by atoms with Crippen LogP contribution in [0, 0.1) is 0 Å². The van der Waals surface area contributed by atoms with Crippen LogP contribution in [0.25, 0.3) is 0 Å². The smallest absolute Gasteiger partial charge is 0.264 e. The largest absolute Gasteiger partial charge is 0.267 e. The molecular formula is C12H26O18S6. The summed E-state index contributed by atoms with van der Waals surface area (Å²) in [7, 11) is -27.4. The molecule has 18 nitrogen and oxygen atoms in total. The van der Waals surface area contributed by atoms with Gasteiger partial charge in [-0.15, -0.1) is 0 Å². The third-order valence-electron chi connectivity index (χ3n) is 3.12. The van der Waals surface area contributed by atoms with Gasteiger partial charge in [0.05, 0.1) is 50.7 Å². The van der Waals surface area contributed by atoms with Gasteiger partial charge in [0.15, 0.2) is 0 Å². The molecule has 0 aliphatic carbocycles. The molecule has 0 radical (unpaired) electrons. The molecule has 0 rings (SSSR count). The molecule has 0 unspecified atom stereocenters. The van der Waals surface area contributed by atoms with Crippen molar-refractivity contribution in [2.75, 3.05) is 50.7 Å². The second kappa shape index (κ2) is 12.5. The summed E-state index contributed by atoms with van der Waals surface area (Å²) in [5.74, 6) is 0. The van der Waals surface area contributed by atoms with Crippen LogP contribution < -0.4 is 0 Å². The SMILES string of the molecule is CS(=O)(=O)OC[C@H](OS(C)(=O)=O)[C@H](OS(C)(=O)=O)[C@@H](OS(C)(=O)=O)[C@@H](COS(C)(=O)=O)OS(C)(=O)=O. The van der Waals surface area contributed by atoms with Crippen molar-refractivity contribution in [1.29, 1.82) is 0 Å². The van der Waals surface area contributed by atoms with Gasteiger partial charge in [0.2, 0.25) is 0 Å². The Balaban J connectivity index is 7.12. The van der Waals surface area contributed by atoms with Gasteiger partial charge >= 0.3 is 0 Å². The van der Waals surface area contributed by atoms with E-state index < -0.39 is 98.3 Å². The van der Waals surface area contributed by atoms with Crippen molar-refractivity contribution < 1.29 is 75.6 Å². The Morgan fingerprint density at radius 1 is 0.389 bits per heavy atom. The number of hydrogen-bond acceptors (Lipinski definition) is 18. The molecule has 0 bridgehead atoms. The molecular weight excluding hydrogens is 625 g/mol. The Kier molecular flexibility index (Phi) is 12.4. The second-order valence-electron chi connectivity index (χ2n) is 7.18. The van der Waals surface area contributed by atoms with Crippen molar-refractivity contribution in [3.05, 3.63) is 0 Å². The zero-order valence-electron chi connectivity index (χ0n) is 19.5. The summed E-state index contributed by atoms with van der Waals surface area (Å²) in [5, 5.41) is 0. The fraction of sp³-hybridized carbons (Fsp3) is 1.00. The molecule has 218 valence electrons. The second-order valence-corrected chi connectivity index (χ2v) is 16.9. The molecule has 0 aromatic rings.